The molecule has 1 aliphatic heterocycles. The van der Waals surface area contributed by atoms with Crippen molar-refractivity contribution in [1.29, 1.82) is 0 Å². The van der Waals surface area contributed by atoms with E-state index in [1.807, 2.05) is 6.92 Å². The van der Waals surface area contributed by atoms with Gasteiger partial charge in [0.2, 0.25) is 0 Å². The van der Waals surface area contributed by atoms with Gasteiger partial charge in [0, 0.05) is 0 Å². The number of hydrogen-bond acceptors (Lipinski definition) is 4. The molecule has 0 aromatic carbocycles. The van der Waals surface area contributed by atoms with Crippen molar-refractivity contribution in [3.8, 4) is 0 Å². The van der Waals surface area contributed by atoms with Crippen LogP contribution in [0.25, 0.3) is 0 Å². The lowest BCUT2D eigenvalue weighted by Gasteiger charge is -2.12. The topological polar surface area (TPSA) is 69.9 Å². The van der Waals surface area contributed by atoms with Crippen LogP contribution in [0, 0.1) is 0 Å². The number of aliphatic hydroxyl groups is 3. The molecule has 4 atom stereocenters. The Kier molecular flexibility index (Phi) is 3.46. The van der Waals surface area contributed by atoms with Gasteiger partial charge in [0.1, 0.15) is 18.3 Å². The third-order valence-corrected chi connectivity index (χ3v) is 2.21. The standard InChI is InChI=1S/C8H16O4/c1-2-3-5-7(10)8(11)6(4-9)12-5/h5-11H,2-4H2,1H3/t5?,6-,7+,8-/m1/s1. The van der Waals surface area contributed by atoms with Gasteiger partial charge >= 0.3 is 0 Å². The number of aliphatic hydroxyl groups excluding tert-OH is 3. The monoisotopic (exact) mass is 176 g/mol. The highest BCUT2D eigenvalue weighted by molar-refractivity contribution is 4.89. The SMILES string of the molecule is CCCC1O[C@H](CO)[C@@H](O)[C@H]1O. The highest BCUT2D eigenvalue weighted by Gasteiger charge is 2.41. The largest absolute Gasteiger partial charge is 0.394 e. The molecule has 1 saturated heterocycles. The van der Waals surface area contributed by atoms with Crippen molar-refractivity contribution in [2.24, 2.45) is 0 Å². The van der Waals surface area contributed by atoms with E-state index in [9.17, 15) is 10.2 Å². The molecule has 72 valence electrons. The second-order valence-electron chi connectivity index (χ2n) is 3.17. The molecule has 0 amide bonds. The van der Waals surface area contributed by atoms with Gasteiger partial charge in [-0.1, -0.05) is 13.3 Å². The van der Waals surface area contributed by atoms with E-state index in [4.69, 9.17) is 9.84 Å². The first-order chi connectivity index (χ1) is 5.70. The van der Waals surface area contributed by atoms with Gasteiger partial charge in [-0.3, -0.25) is 0 Å². The minimum absolute atomic E-state index is 0.238. The first kappa shape index (κ1) is 9.92. The van der Waals surface area contributed by atoms with Crippen LogP contribution in [0.1, 0.15) is 19.8 Å². The van der Waals surface area contributed by atoms with Gasteiger partial charge in [0.05, 0.1) is 12.7 Å². The summed E-state index contributed by atoms with van der Waals surface area (Å²) in [4.78, 5) is 0. The summed E-state index contributed by atoms with van der Waals surface area (Å²) in [6.45, 7) is 1.74. The van der Waals surface area contributed by atoms with E-state index in [1.165, 1.54) is 0 Å². The lowest BCUT2D eigenvalue weighted by atomic mass is 10.1. The van der Waals surface area contributed by atoms with E-state index in [0.29, 0.717) is 6.42 Å². The van der Waals surface area contributed by atoms with Crippen LogP contribution in [-0.4, -0.2) is 46.3 Å². The smallest absolute Gasteiger partial charge is 0.111 e. The van der Waals surface area contributed by atoms with Crippen LogP contribution in [0.3, 0.4) is 0 Å². The first-order valence-electron chi connectivity index (χ1n) is 4.33. The Hall–Kier alpha value is -0.160. The van der Waals surface area contributed by atoms with Gasteiger partial charge in [0.25, 0.3) is 0 Å². The number of ether oxygens (including phenoxy) is 1. The minimum atomic E-state index is -0.938. The molecule has 1 fully saturated rings. The highest BCUT2D eigenvalue weighted by Crippen LogP contribution is 2.23. The molecule has 1 aliphatic rings. The lowest BCUT2D eigenvalue weighted by Crippen LogP contribution is -2.33. The van der Waals surface area contributed by atoms with Crippen LogP contribution in [0.15, 0.2) is 0 Å². The fourth-order valence-electron chi connectivity index (χ4n) is 1.50. The van der Waals surface area contributed by atoms with Gasteiger partial charge < -0.3 is 20.1 Å². The van der Waals surface area contributed by atoms with Crippen molar-refractivity contribution < 1.29 is 20.1 Å². The maximum absolute atomic E-state index is 9.40. The van der Waals surface area contributed by atoms with Crippen LogP contribution in [0.5, 0.6) is 0 Å². The van der Waals surface area contributed by atoms with Crippen molar-refractivity contribution >= 4 is 0 Å². The maximum Gasteiger partial charge on any atom is 0.111 e. The van der Waals surface area contributed by atoms with Crippen LogP contribution in [0.2, 0.25) is 0 Å². The minimum Gasteiger partial charge on any atom is -0.394 e. The zero-order valence-electron chi connectivity index (χ0n) is 7.18. The van der Waals surface area contributed by atoms with Gasteiger partial charge in [-0.25, -0.2) is 0 Å². The third-order valence-electron chi connectivity index (χ3n) is 2.21. The normalized spacial score (nSPS) is 42.0. The van der Waals surface area contributed by atoms with Crippen molar-refractivity contribution in [2.45, 2.75) is 44.2 Å². The predicted molar refractivity (Wildman–Crippen MR) is 42.7 cm³/mol. The molecule has 12 heavy (non-hydrogen) atoms. The predicted octanol–water partition coefficient (Wildman–Crippen LogP) is -0.732. The van der Waals surface area contributed by atoms with Crippen LogP contribution < -0.4 is 0 Å². The Morgan fingerprint density at radius 2 is 1.75 bits per heavy atom. The van der Waals surface area contributed by atoms with E-state index in [0.717, 1.165) is 6.42 Å². The molecule has 0 aliphatic carbocycles. The molecule has 0 aromatic rings. The quantitative estimate of drug-likeness (QED) is 0.530. The Labute approximate surface area is 71.8 Å². The molecule has 4 heteroatoms. The second kappa shape index (κ2) is 4.18. The molecule has 0 saturated carbocycles. The molecule has 0 bridgehead atoms. The number of rotatable bonds is 3. The molecular weight excluding hydrogens is 160 g/mol. The Bertz CT molecular complexity index is 139. The van der Waals surface area contributed by atoms with Crippen molar-refractivity contribution in [3.05, 3.63) is 0 Å². The molecule has 0 radical (unpaired) electrons. The van der Waals surface area contributed by atoms with Gasteiger partial charge in [0.15, 0.2) is 0 Å². The summed E-state index contributed by atoms with van der Waals surface area (Å²) >= 11 is 0. The van der Waals surface area contributed by atoms with E-state index < -0.39 is 18.3 Å². The molecule has 0 spiro atoms. The van der Waals surface area contributed by atoms with Crippen molar-refractivity contribution in [3.63, 3.8) is 0 Å². The van der Waals surface area contributed by atoms with Crippen LogP contribution >= 0.6 is 0 Å². The zero-order valence-corrected chi connectivity index (χ0v) is 7.18. The second-order valence-corrected chi connectivity index (χ2v) is 3.17. The Morgan fingerprint density at radius 3 is 2.17 bits per heavy atom. The Balaban J connectivity index is 2.48. The molecule has 0 aromatic heterocycles. The third kappa shape index (κ3) is 1.77. The fraction of sp³-hybridized carbons (Fsp3) is 1.00. The van der Waals surface area contributed by atoms with E-state index in [1.54, 1.807) is 0 Å². The molecule has 4 nitrogen and oxygen atoms in total. The summed E-state index contributed by atoms with van der Waals surface area (Å²) in [5.74, 6) is 0. The van der Waals surface area contributed by atoms with E-state index in [-0.39, 0.29) is 12.7 Å². The maximum atomic E-state index is 9.40. The molecular formula is C8H16O4. The van der Waals surface area contributed by atoms with Crippen molar-refractivity contribution in [1.82, 2.24) is 0 Å². The van der Waals surface area contributed by atoms with E-state index in [2.05, 4.69) is 0 Å². The molecule has 1 rings (SSSR count). The van der Waals surface area contributed by atoms with Crippen LogP contribution in [-0.2, 0) is 4.74 Å². The van der Waals surface area contributed by atoms with E-state index >= 15 is 0 Å². The average Bonchev–Trinajstić information content (AvgIpc) is 2.33. The Morgan fingerprint density at radius 1 is 1.17 bits per heavy atom. The molecule has 3 N–H and O–H groups in total. The van der Waals surface area contributed by atoms with Crippen LogP contribution in [0.4, 0.5) is 0 Å². The summed E-state index contributed by atoms with van der Waals surface area (Å²) in [7, 11) is 0. The summed E-state index contributed by atoms with van der Waals surface area (Å²) in [6, 6.07) is 0. The van der Waals surface area contributed by atoms with Crippen molar-refractivity contribution in [2.75, 3.05) is 6.61 Å². The number of hydrogen-bond donors (Lipinski definition) is 3. The highest BCUT2D eigenvalue weighted by atomic mass is 16.6. The molecule has 1 heterocycles. The summed E-state index contributed by atoms with van der Waals surface area (Å²) in [5.41, 5.74) is 0. The fourth-order valence-corrected chi connectivity index (χ4v) is 1.50. The summed E-state index contributed by atoms with van der Waals surface area (Å²) < 4.78 is 5.23. The van der Waals surface area contributed by atoms with Gasteiger partial charge in [-0.15, -0.1) is 0 Å². The zero-order chi connectivity index (χ0) is 9.14. The average molecular weight is 176 g/mol. The summed E-state index contributed by atoms with van der Waals surface area (Å²) in [6.07, 6.45) is -1.10. The van der Waals surface area contributed by atoms with Gasteiger partial charge in [-0.05, 0) is 6.42 Å². The summed E-state index contributed by atoms with van der Waals surface area (Å²) in [5, 5.41) is 27.5. The van der Waals surface area contributed by atoms with Gasteiger partial charge in [-0.2, -0.15) is 0 Å². The first-order valence-corrected chi connectivity index (χ1v) is 4.33. The molecule has 1 unspecified atom stereocenters. The lowest BCUT2D eigenvalue weighted by molar-refractivity contribution is -0.0241.